The van der Waals surface area contributed by atoms with Crippen LogP contribution in [0.5, 0.6) is 0 Å². The minimum atomic E-state index is -0.868. The van der Waals surface area contributed by atoms with Crippen molar-refractivity contribution in [2.45, 2.75) is 31.5 Å². The predicted octanol–water partition coefficient (Wildman–Crippen LogP) is 4.46. The van der Waals surface area contributed by atoms with Gasteiger partial charge in [-0.2, -0.15) is 0 Å². The van der Waals surface area contributed by atoms with E-state index in [0.717, 1.165) is 0 Å². The van der Waals surface area contributed by atoms with Crippen LogP contribution in [0.15, 0.2) is 85.6 Å². The number of hydrogen-bond donors (Lipinski definition) is 1. The molecule has 128 valence electrons. The topological polar surface area (TPSA) is 55.8 Å². The molecule has 0 aromatic heterocycles. The van der Waals surface area contributed by atoms with Gasteiger partial charge in [-0.05, 0) is 6.42 Å². The zero-order valence-corrected chi connectivity index (χ0v) is 13.7. The Labute approximate surface area is 143 Å². The molecular weight excluding hydrogens is 304 g/mol. The van der Waals surface area contributed by atoms with E-state index in [-0.39, 0.29) is 18.6 Å². The van der Waals surface area contributed by atoms with Gasteiger partial charge in [-0.25, -0.2) is 9.78 Å². The zero-order chi connectivity index (χ0) is 17.5. The lowest BCUT2D eigenvalue weighted by molar-refractivity contribution is -0.296. The van der Waals surface area contributed by atoms with Crippen molar-refractivity contribution in [2.24, 2.45) is 0 Å². The lowest BCUT2D eigenvalue weighted by atomic mass is 10.1. The summed E-state index contributed by atoms with van der Waals surface area (Å²) in [5, 5.41) is 8.68. The molecule has 0 radical (unpaired) electrons. The van der Waals surface area contributed by atoms with Crippen molar-refractivity contribution in [2.75, 3.05) is 0 Å². The van der Waals surface area contributed by atoms with E-state index in [1.165, 1.54) is 0 Å². The Bertz CT molecular complexity index is 550. The van der Waals surface area contributed by atoms with E-state index in [1.807, 2.05) is 72.9 Å². The molecule has 1 fully saturated rings. The average Bonchev–Trinajstić information content (AvgIpc) is 2.98. The quantitative estimate of drug-likeness (QED) is 0.475. The van der Waals surface area contributed by atoms with Crippen LogP contribution in [0.4, 0.5) is 0 Å². The van der Waals surface area contributed by atoms with Gasteiger partial charge in [0.05, 0.1) is 12.5 Å². The van der Waals surface area contributed by atoms with Crippen molar-refractivity contribution in [3.05, 3.63) is 85.6 Å². The number of hydrogen-bond acceptors (Lipinski definition) is 3. The fourth-order valence-electron chi connectivity index (χ4n) is 1.94. The standard InChI is InChI=1S/C20H24O4/c1-2-3-4-5-6-7-8-9-10-11-12-13-14-15-18-16-19(24-23-18)17-20(21)22/h2-14,18-19H,1,15-17H2,(H,21,22)/b4-3+,6-5-,8-7+,10-9+,12-11-,14-13-/t18-,19-/m0/s1. The Hall–Kier alpha value is -2.43. The molecule has 1 aliphatic heterocycles. The molecule has 0 aromatic rings. The molecule has 4 nitrogen and oxygen atoms in total. The van der Waals surface area contributed by atoms with E-state index < -0.39 is 5.97 Å². The van der Waals surface area contributed by atoms with Crippen LogP contribution >= 0.6 is 0 Å². The van der Waals surface area contributed by atoms with E-state index in [2.05, 4.69) is 6.58 Å². The van der Waals surface area contributed by atoms with Crippen LogP contribution in [0.3, 0.4) is 0 Å². The van der Waals surface area contributed by atoms with Crippen LogP contribution in [-0.2, 0) is 14.6 Å². The van der Waals surface area contributed by atoms with Gasteiger partial charge in [0.15, 0.2) is 0 Å². The summed E-state index contributed by atoms with van der Waals surface area (Å²) in [5.41, 5.74) is 0. The lowest BCUT2D eigenvalue weighted by Crippen LogP contribution is -2.12. The van der Waals surface area contributed by atoms with Gasteiger partial charge in [-0.3, -0.25) is 4.79 Å². The molecule has 1 N–H and O–H groups in total. The highest BCUT2D eigenvalue weighted by Gasteiger charge is 2.28. The van der Waals surface area contributed by atoms with Crippen molar-refractivity contribution in [3.8, 4) is 0 Å². The molecule has 1 aliphatic rings. The predicted molar refractivity (Wildman–Crippen MR) is 96.3 cm³/mol. The van der Waals surface area contributed by atoms with E-state index >= 15 is 0 Å². The second-order valence-corrected chi connectivity index (χ2v) is 5.09. The summed E-state index contributed by atoms with van der Waals surface area (Å²) in [6, 6.07) is 0. The molecule has 1 heterocycles. The van der Waals surface area contributed by atoms with Crippen molar-refractivity contribution in [1.82, 2.24) is 0 Å². The van der Waals surface area contributed by atoms with Crippen molar-refractivity contribution >= 4 is 5.97 Å². The SMILES string of the molecule is C=C/C=C/C=C\C=C\C=C\C=C/C=C\C[C@H]1C[C@@H](CC(=O)O)OO1. The number of allylic oxidation sites excluding steroid dienone is 12. The van der Waals surface area contributed by atoms with Gasteiger partial charge in [0, 0.05) is 6.42 Å². The van der Waals surface area contributed by atoms with Crippen molar-refractivity contribution < 1.29 is 19.7 Å². The normalized spacial score (nSPS) is 22.3. The summed E-state index contributed by atoms with van der Waals surface area (Å²) < 4.78 is 0. The number of carboxylic acid groups (broad SMARTS) is 1. The maximum Gasteiger partial charge on any atom is 0.306 e. The van der Waals surface area contributed by atoms with Crippen LogP contribution in [0, 0.1) is 0 Å². The van der Waals surface area contributed by atoms with Gasteiger partial charge in [0.1, 0.15) is 6.10 Å². The second-order valence-electron chi connectivity index (χ2n) is 5.09. The maximum absolute atomic E-state index is 10.6. The molecule has 0 unspecified atom stereocenters. The molecule has 2 atom stereocenters. The van der Waals surface area contributed by atoms with Gasteiger partial charge in [-0.15, -0.1) is 0 Å². The van der Waals surface area contributed by atoms with Crippen molar-refractivity contribution in [1.29, 1.82) is 0 Å². The Morgan fingerprint density at radius 1 is 0.875 bits per heavy atom. The smallest absolute Gasteiger partial charge is 0.306 e. The molecule has 1 rings (SSSR count). The number of aliphatic carboxylic acids is 1. The van der Waals surface area contributed by atoms with E-state index in [0.29, 0.717) is 12.8 Å². The largest absolute Gasteiger partial charge is 0.481 e. The summed E-state index contributed by atoms with van der Waals surface area (Å²) in [6.45, 7) is 3.59. The average molecular weight is 328 g/mol. The van der Waals surface area contributed by atoms with Gasteiger partial charge in [0.2, 0.25) is 0 Å². The molecular formula is C20H24O4. The van der Waals surface area contributed by atoms with Gasteiger partial charge in [0.25, 0.3) is 0 Å². The van der Waals surface area contributed by atoms with Gasteiger partial charge < -0.3 is 5.11 Å². The second kappa shape index (κ2) is 13.0. The first-order valence-electron chi connectivity index (χ1n) is 7.87. The van der Waals surface area contributed by atoms with E-state index in [9.17, 15) is 4.79 Å². The monoisotopic (exact) mass is 328 g/mol. The van der Waals surface area contributed by atoms with Gasteiger partial charge in [-0.1, -0.05) is 85.6 Å². The Morgan fingerprint density at radius 2 is 1.38 bits per heavy atom. The third kappa shape index (κ3) is 10.3. The third-order valence-electron chi connectivity index (χ3n) is 3.04. The van der Waals surface area contributed by atoms with E-state index in [4.69, 9.17) is 14.9 Å². The van der Waals surface area contributed by atoms with Crippen LogP contribution < -0.4 is 0 Å². The molecule has 0 aliphatic carbocycles. The molecule has 0 saturated carbocycles. The van der Waals surface area contributed by atoms with Crippen molar-refractivity contribution in [3.63, 3.8) is 0 Å². The fraction of sp³-hybridized carbons (Fsp3) is 0.250. The minimum absolute atomic E-state index is 0.0157. The molecule has 1 saturated heterocycles. The number of carboxylic acids is 1. The lowest BCUT2D eigenvalue weighted by Gasteiger charge is -2.00. The summed E-state index contributed by atoms with van der Waals surface area (Å²) in [7, 11) is 0. The fourth-order valence-corrected chi connectivity index (χ4v) is 1.94. The molecule has 24 heavy (non-hydrogen) atoms. The minimum Gasteiger partial charge on any atom is -0.481 e. The number of carbonyl (C=O) groups is 1. The highest BCUT2D eigenvalue weighted by atomic mass is 17.2. The van der Waals surface area contributed by atoms with Crippen LogP contribution in [0.1, 0.15) is 19.3 Å². The molecule has 4 heteroatoms. The van der Waals surface area contributed by atoms with E-state index in [1.54, 1.807) is 6.08 Å². The Kier molecular flexibility index (Phi) is 10.7. The molecule has 0 spiro atoms. The van der Waals surface area contributed by atoms with Crippen LogP contribution in [-0.4, -0.2) is 23.3 Å². The van der Waals surface area contributed by atoms with Crippen LogP contribution in [0.25, 0.3) is 0 Å². The highest BCUT2D eigenvalue weighted by Crippen LogP contribution is 2.22. The summed E-state index contributed by atoms with van der Waals surface area (Å²) in [5.74, 6) is -0.868. The molecule has 0 aromatic carbocycles. The zero-order valence-electron chi connectivity index (χ0n) is 13.7. The highest BCUT2D eigenvalue weighted by molar-refractivity contribution is 5.67. The summed E-state index contributed by atoms with van der Waals surface area (Å²) in [4.78, 5) is 20.6. The first-order valence-corrected chi connectivity index (χ1v) is 7.87. The molecule has 0 amide bonds. The summed E-state index contributed by atoms with van der Waals surface area (Å²) >= 11 is 0. The third-order valence-corrected chi connectivity index (χ3v) is 3.04. The Balaban J connectivity index is 2.15. The first-order chi connectivity index (χ1) is 11.7. The van der Waals surface area contributed by atoms with Crippen LogP contribution in [0.2, 0.25) is 0 Å². The number of rotatable bonds is 10. The Morgan fingerprint density at radius 3 is 1.92 bits per heavy atom. The molecule has 0 bridgehead atoms. The van der Waals surface area contributed by atoms with Gasteiger partial charge >= 0.3 is 5.97 Å². The maximum atomic E-state index is 10.6. The first kappa shape index (κ1) is 19.6. The summed E-state index contributed by atoms with van der Waals surface area (Å²) in [6.07, 6.45) is 25.8.